The molecule has 4 heteroatoms. The minimum absolute atomic E-state index is 0.0586. The van der Waals surface area contributed by atoms with Crippen LogP contribution in [0.25, 0.3) is 0 Å². The Morgan fingerprint density at radius 2 is 1.83 bits per heavy atom. The Hall–Kier alpha value is -1.55. The molecule has 0 bridgehead atoms. The van der Waals surface area contributed by atoms with Gasteiger partial charge in [-0.2, -0.15) is 0 Å². The van der Waals surface area contributed by atoms with Crippen LogP contribution < -0.4 is 0 Å². The summed E-state index contributed by atoms with van der Waals surface area (Å²) in [5.74, 6) is 0.0586. The lowest BCUT2D eigenvalue weighted by Crippen LogP contribution is -2.35. The molecule has 4 nitrogen and oxygen atoms in total. The van der Waals surface area contributed by atoms with Gasteiger partial charge in [0.1, 0.15) is 5.60 Å². The highest BCUT2D eigenvalue weighted by molar-refractivity contribution is 5.68. The molecule has 1 aromatic rings. The zero-order valence-electron chi connectivity index (χ0n) is 15.1. The molecular weight excluding hydrogens is 290 g/mol. The Balaban J connectivity index is 2.07. The van der Waals surface area contributed by atoms with Crippen LogP contribution in [0, 0.1) is 26.7 Å². The predicted octanol–water partition coefficient (Wildman–Crippen LogP) is 3.90. The third-order valence-corrected chi connectivity index (χ3v) is 4.52. The second-order valence-corrected chi connectivity index (χ2v) is 7.71. The summed E-state index contributed by atoms with van der Waals surface area (Å²) in [4.78, 5) is 13.9. The van der Waals surface area contributed by atoms with Crippen LogP contribution in [0.3, 0.4) is 0 Å². The van der Waals surface area contributed by atoms with Gasteiger partial charge in [-0.05, 0) is 70.2 Å². The first-order chi connectivity index (χ1) is 10.6. The lowest BCUT2D eigenvalue weighted by atomic mass is 9.90. The van der Waals surface area contributed by atoms with Gasteiger partial charge in [-0.3, -0.25) is 0 Å². The Kier molecular flexibility index (Phi) is 5.04. The fraction of sp³-hybridized carbons (Fsp3) is 0.632. The van der Waals surface area contributed by atoms with Crippen LogP contribution in [0.4, 0.5) is 4.79 Å². The summed E-state index contributed by atoms with van der Waals surface area (Å²) < 4.78 is 5.42. The highest BCUT2D eigenvalue weighted by atomic mass is 16.6. The van der Waals surface area contributed by atoms with Gasteiger partial charge in [0.05, 0.1) is 6.10 Å². The van der Waals surface area contributed by atoms with Crippen molar-refractivity contribution < 1.29 is 14.6 Å². The number of aliphatic hydroxyl groups is 1. The molecule has 2 atom stereocenters. The monoisotopic (exact) mass is 319 g/mol. The number of ether oxygens (including phenoxy) is 1. The van der Waals surface area contributed by atoms with E-state index in [0.29, 0.717) is 13.1 Å². The van der Waals surface area contributed by atoms with Gasteiger partial charge in [0, 0.05) is 19.0 Å². The zero-order valence-corrected chi connectivity index (χ0v) is 15.1. The molecule has 128 valence electrons. The number of aliphatic hydroxyl groups excluding tert-OH is 1. The number of carbonyl (C=O) groups is 1. The van der Waals surface area contributed by atoms with Gasteiger partial charge in [0.15, 0.2) is 0 Å². The van der Waals surface area contributed by atoms with Crippen molar-refractivity contribution in [2.24, 2.45) is 5.92 Å². The molecule has 2 unspecified atom stereocenters. The molecule has 0 spiro atoms. The summed E-state index contributed by atoms with van der Waals surface area (Å²) >= 11 is 0. The van der Waals surface area contributed by atoms with Crippen molar-refractivity contribution in [1.29, 1.82) is 0 Å². The van der Waals surface area contributed by atoms with E-state index in [2.05, 4.69) is 26.0 Å². The first-order valence-corrected chi connectivity index (χ1v) is 8.32. The SMILES string of the molecule is Cc1cc(C)c(C(O)C2CCN(C(=O)OC(C)(C)C)C2)cc1C. The first kappa shape index (κ1) is 17.8. The number of hydrogen-bond donors (Lipinski definition) is 1. The van der Waals surface area contributed by atoms with Gasteiger partial charge in [-0.25, -0.2) is 4.79 Å². The van der Waals surface area contributed by atoms with E-state index < -0.39 is 11.7 Å². The average molecular weight is 319 g/mol. The smallest absolute Gasteiger partial charge is 0.410 e. The normalized spacial score (nSPS) is 19.8. The van der Waals surface area contributed by atoms with Crippen LogP contribution in [0.5, 0.6) is 0 Å². The van der Waals surface area contributed by atoms with Crippen molar-refractivity contribution in [3.05, 3.63) is 34.4 Å². The van der Waals surface area contributed by atoms with Crippen molar-refractivity contribution in [3.63, 3.8) is 0 Å². The fourth-order valence-electron chi connectivity index (χ4n) is 3.09. The maximum atomic E-state index is 12.2. The number of hydrogen-bond acceptors (Lipinski definition) is 3. The maximum Gasteiger partial charge on any atom is 0.410 e. The number of benzene rings is 1. The van der Waals surface area contributed by atoms with E-state index >= 15 is 0 Å². The Morgan fingerprint density at radius 1 is 1.22 bits per heavy atom. The van der Waals surface area contributed by atoms with Crippen LogP contribution >= 0.6 is 0 Å². The second kappa shape index (κ2) is 6.52. The van der Waals surface area contributed by atoms with Gasteiger partial charge in [-0.1, -0.05) is 12.1 Å². The molecule has 0 aliphatic carbocycles. The second-order valence-electron chi connectivity index (χ2n) is 7.71. The molecule has 1 fully saturated rings. The molecule has 0 radical (unpaired) electrons. The molecule has 1 heterocycles. The topological polar surface area (TPSA) is 49.8 Å². The highest BCUT2D eigenvalue weighted by Crippen LogP contribution is 2.33. The number of carbonyl (C=O) groups excluding carboxylic acids is 1. The molecule has 23 heavy (non-hydrogen) atoms. The van der Waals surface area contributed by atoms with Gasteiger partial charge in [0.25, 0.3) is 0 Å². The lowest BCUT2D eigenvalue weighted by molar-refractivity contribution is 0.0268. The zero-order chi connectivity index (χ0) is 17.4. The van der Waals surface area contributed by atoms with Crippen LogP contribution in [0.2, 0.25) is 0 Å². The van der Waals surface area contributed by atoms with Gasteiger partial charge in [-0.15, -0.1) is 0 Å². The summed E-state index contributed by atoms with van der Waals surface area (Å²) in [6.45, 7) is 13.0. The largest absolute Gasteiger partial charge is 0.444 e. The fourth-order valence-corrected chi connectivity index (χ4v) is 3.09. The van der Waals surface area contributed by atoms with Gasteiger partial charge >= 0.3 is 6.09 Å². The average Bonchev–Trinajstić information content (AvgIpc) is 2.90. The number of likely N-dealkylation sites (tertiary alicyclic amines) is 1. The Labute approximate surface area is 139 Å². The minimum atomic E-state index is -0.540. The molecule has 0 aromatic heterocycles. The number of aryl methyl sites for hydroxylation is 3. The van der Waals surface area contributed by atoms with Crippen molar-refractivity contribution in [3.8, 4) is 0 Å². The van der Waals surface area contributed by atoms with E-state index in [4.69, 9.17) is 4.74 Å². The summed E-state index contributed by atoms with van der Waals surface area (Å²) in [6.07, 6.45) is -0.0296. The third-order valence-electron chi connectivity index (χ3n) is 4.52. The van der Waals surface area contributed by atoms with E-state index in [-0.39, 0.29) is 12.0 Å². The van der Waals surface area contributed by atoms with Crippen molar-refractivity contribution in [2.75, 3.05) is 13.1 Å². The molecule has 1 aliphatic rings. The van der Waals surface area contributed by atoms with E-state index in [1.54, 1.807) is 4.90 Å². The van der Waals surface area contributed by atoms with Crippen LogP contribution in [-0.2, 0) is 4.74 Å². The summed E-state index contributed by atoms with van der Waals surface area (Å²) in [5, 5.41) is 10.8. The molecule has 1 aromatic carbocycles. The number of rotatable bonds is 2. The third kappa shape index (κ3) is 4.25. The van der Waals surface area contributed by atoms with Crippen molar-refractivity contribution >= 4 is 6.09 Å². The van der Waals surface area contributed by atoms with E-state index in [1.807, 2.05) is 27.7 Å². The molecule has 1 N–H and O–H groups in total. The molecule has 1 aliphatic heterocycles. The molecule has 1 saturated heterocycles. The van der Waals surface area contributed by atoms with Crippen LogP contribution in [-0.4, -0.2) is 34.8 Å². The maximum absolute atomic E-state index is 12.2. The number of nitrogens with zero attached hydrogens (tertiary/aromatic N) is 1. The standard InChI is InChI=1S/C19H29NO3/c1-12-9-14(3)16(10-13(12)2)17(21)15-7-8-20(11-15)18(22)23-19(4,5)6/h9-10,15,17,21H,7-8,11H2,1-6H3. The Bertz CT molecular complexity index is 589. The lowest BCUT2D eigenvalue weighted by Gasteiger charge is -2.25. The predicted molar refractivity (Wildman–Crippen MR) is 91.5 cm³/mol. The quantitative estimate of drug-likeness (QED) is 0.899. The van der Waals surface area contributed by atoms with E-state index in [0.717, 1.165) is 17.5 Å². The van der Waals surface area contributed by atoms with E-state index in [1.165, 1.54) is 11.1 Å². The summed E-state index contributed by atoms with van der Waals surface area (Å²) in [5.41, 5.74) is 4.02. The highest BCUT2D eigenvalue weighted by Gasteiger charge is 2.34. The summed E-state index contributed by atoms with van der Waals surface area (Å²) in [7, 11) is 0. The van der Waals surface area contributed by atoms with Crippen molar-refractivity contribution in [1.82, 2.24) is 4.90 Å². The van der Waals surface area contributed by atoms with Gasteiger partial charge in [0.2, 0.25) is 0 Å². The Morgan fingerprint density at radius 3 is 2.43 bits per heavy atom. The molecule has 0 saturated carbocycles. The minimum Gasteiger partial charge on any atom is -0.444 e. The molecular formula is C19H29NO3. The number of amides is 1. The van der Waals surface area contributed by atoms with E-state index in [9.17, 15) is 9.90 Å². The van der Waals surface area contributed by atoms with Crippen LogP contribution in [0.1, 0.15) is 55.5 Å². The first-order valence-electron chi connectivity index (χ1n) is 8.32. The molecule has 2 rings (SSSR count). The van der Waals surface area contributed by atoms with Crippen molar-refractivity contribution in [2.45, 2.75) is 59.7 Å². The molecule has 1 amide bonds. The summed E-state index contributed by atoms with van der Waals surface area (Å²) in [6, 6.07) is 4.19. The van der Waals surface area contributed by atoms with Crippen LogP contribution in [0.15, 0.2) is 12.1 Å². The van der Waals surface area contributed by atoms with Gasteiger partial charge < -0.3 is 14.7 Å².